The molecule has 126 valence electrons. The Morgan fingerprint density at radius 3 is 2.75 bits per heavy atom. The van der Waals surface area contributed by atoms with Gasteiger partial charge in [-0.1, -0.05) is 20.8 Å². The van der Waals surface area contributed by atoms with E-state index in [4.69, 9.17) is 4.74 Å². The zero-order valence-electron chi connectivity index (χ0n) is 14.4. The molecule has 6 heteroatoms. The van der Waals surface area contributed by atoms with Crippen molar-refractivity contribution in [2.24, 2.45) is 0 Å². The fourth-order valence-corrected chi connectivity index (χ4v) is 2.57. The highest BCUT2D eigenvalue weighted by atomic mass is 16.5. The van der Waals surface area contributed by atoms with Crippen molar-refractivity contribution >= 4 is 23.1 Å². The molecule has 2 heterocycles. The largest absolute Gasteiger partial charge is 0.378 e. The van der Waals surface area contributed by atoms with Crippen LogP contribution in [0.15, 0.2) is 24.3 Å². The van der Waals surface area contributed by atoms with Crippen LogP contribution < -0.4 is 10.6 Å². The molecule has 0 fully saturated rings. The molecule has 2 N–H and O–H groups in total. The van der Waals surface area contributed by atoms with E-state index in [1.54, 1.807) is 7.11 Å². The number of amides is 1. The van der Waals surface area contributed by atoms with E-state index in [-0.39, 0.29) is 11.3 Å². The molecule has 0 aliphatic carbocycles. The minimum Gasteiger partial charge on any atom is -0.378 e. The number of nitrogens with one attached hydrogen (secondary N) is 2. The lowest BCUT2D eigenvalue weighted by Gasteiger charge is -2.19. The predicted octanol–water partition coefficient (Wildman–Crippen LogP) is 3.16. The summed E-state index contributed by atoms with van der Waals surface area (Å²) in [5, 5.41) is 6.15. The Morgan fingerprint density at radius 2 is 2.04 bits per heavy atom. The van der Waals surface area contributed by atoms with E-state index in [1.807, 2.05) is 24.3 Å². The first-order valence-corrected chi connectivity index (χ1v) is 7.92. The van der Waals surface area contributed by atoms with Gasteiger partial charge in [-0.25, -0.2) is 9.97 Å². The molecule has 0 saturated heterocycles. The average Bonchev–Trinajstić information content (AvgIpc) is 2.86. The van der Waals surface area contributed by atoms with Crippen molar-refractivity contribution < 1.29 is 9.53 Å². The van der Waals surface area contributed by atoms with Gasteiger partial charge in [-0.2, -0.15) is 0 Å². The molecule has 0 saturated carbocycles. The molecule has 0 radical (unpaired) electrons. The number of benzene rings is 1. The van der Waals surface area contributed by atoms with Crippen molar-refractivity contribution in [3.8, 4) is 0 Å². The van der Waals surface area contributed by atoms with Crippen molar-refractivity contribution in [1.82, 2.24) is 9.97 Å². The van der Waals surface area contributed by atoms with E-state index >= 15 is 0 Å². The van der Waals surface area contributed by atoms with Gasteiger partial charge in [0.1, 0.15) is 11.6 Å². The summed E-state index contributed by atoms with van der Waals surface area (Å²) in [7, 11) is 1.65. The topological polar surface area (TPSA) is 76.1 Å². The van der Waals surface area contributed by atoms with Crippen LogP contribution in [0.5, 0.6) is 0 Å². The van der Waals surface area contributed by atoms with Crippen molar-refractivity contribution in [2.45, 2.75) is 39.2 Å². The third kappa shape index (κ3) is 3.54. The second kappa shape index (κ2) is 6.20. The molecular formula is C18H22N4O2. The van der Waals surface area contributed by atoms with E-state index < -0.39 is 0 Å². The molecule has 0 unspecified atom stereocenters. The molecule has 0 atom stereocenters. The molecule has 24 heavy (non-hydrogen) atoms. The SMILES string of the molecule is COCc1cc(Nc2ccc3c(c2)CC(=O)N3)nc(C(C)(C)C)n1. The van der Waals surface area contributed by atoms with Crippen LogP contribution in [0.25, 0.3) is 0 Å². The summed E-state index contributed by atoms with van der Waals surface area (Å²) in [6.07, 6.45) is 0.413. The number of aromatic nitrogens is 2. The van der Waals surface area contributed by atoms with Gasteiger partial charge in [0.15, 0.2) is 0 Å². The normalized spacial score (nSPS) is 13.6. The number of rotatable bonds is 4. The lowest BCUT2D eigenvalue weighted by molar-refractivity contribution is -0.115. The van der Waals surface area contributed by atoms with Crippen LogP contribution in [0.3, 0.4) is 0 Å². The van der Waals surface area contributed by atoms with Gasteiger partial charge >= 0.3 is 0 Å². The fourth-order valence-electron chi connectivity index (χ4n) is 2.57. The van der Waals surface area contributed by atoms with Gasteiger partial charge in [0.25, 0.3) is 0 Å². The third-order valence-electron chi connectivity index (χ3n) is 3.74. The van der Waals surface area contributed by atoms with E-state index in [1.165, 1.54) is 0 Å². The lowest BCUT2D eigenvalue weighted by atomic mass is 9.95. The molecule has 2 aromatic rings. The number of methoxy groups -OCH3 is 1. The number of carbonyl (C=O) groups excluding carboxylic acids is 1. The number of nitrogens with zero attached hydrogens (tertiary/aromatic N) is 2. The van der Waals surface area contributed by atoms with E-state index in [9.17, 15) is 4.79 Å². The van der Waals surface area contributed by atoms with Gasteiger partial charge < -0.3 is 15.4 Å². The van der Waals surface area contributed by atoms with E-state index in [0.717, 1.165) is 34.3 Å². The molecule has 1 amide bonds. The number of hydrogen-bond donors (Lipinski definition) is 2. The minimum absolute atomic E-state index is 0.0292. The van der Waals surface area contributed by atoms with E-state index in [2.05, 4.69) is 41.4 Å². The Balaban J connectivity index is 1.90. The van der Waals surface area contributed by atoms with Gasteiger partial charge in [-0.15, -0.1) is 0 Å². The zero-order valence-corrected chi connectivity index (χ0v) is 14.4. The summed E-state index contributed by atoms with van der Waals surface area (Å²) in [5.74, 6) is 1.51. The van der Waals surface area contributed by atoms with Crippen molar-refractivity contribution in [1.29, 1.82) is 0 Å². The fraction of sp³-hybridized carbons (Fsp3) is 0.389. The van der Waals surface area contributed by atoms with Gasteiger partial charge in [0.05, 0.1) is 18.7 Å². The minimum atomic E-state index is -0.158. The molecule has 0 spiro atoms. The number of anilines is 3. The summed E-state index contributed by atoms with van der Waals surface area (Å²) in [6.45, 7) is 6.67. The molecule has 1 aromatic carbocycles. The van der Waals surface area contributed by atoms with Crippen molar-refractivity contribution in [2.75, 3.05) is 17.7 Å². The van der Waals surface area contributed by atoms with Crippen LogP contribution in [0.2, 0.25) is 0 Å². The highest BCUT2D eigenvalue weighted by molar-refractivity contribution is 5.99. The average molecular weight is 326 g/mol. The summed E-state index contributed by atoms with van der Waals surface area (Å²) in [4.78, 5) is 20.7. The summed E-state index contributed by atoms with van der Waals surface area (Å²) < 4.78 is 5.21. The van der Waals surface area contributed by atoms with Crippen molar-refractivity contribution in [3.05, 3.63) is 41.3 Å². The first-order chi connectivity index (χ1) is 11.3. The summed E-state index contributed by atoms with van der Waals surface area (Å²) in [6, 6.07) is 7.70. The van der Waals surface area contributed by atoms with Gasteiger partial charge in [0, 0.05) is 30.0 Å². The molecule has 6 nitrogen and oxygen atoms in total. The van der Waals surface area contributed by atoms with Crippen molar-refractivity contribution in [3.63, 3.8) is 0 Å². The first kappa shape index (κ1) is 16.4. The highest BCUT2D eigenvalue weighted by Crippen LogP contribution is 2.28. The zero-order chi connectivity index (χ0) is 17.3. The number of hydrogen-bond acceptors (Lipinski definition) is 5. The number of fused-ring (bicyclic) bond motifs is 1. The molecule has 1 aromatic heterocycles. The Morgan fingerprint density at radius 1 is 1.25 bits per heavy atom. The second-order valence-electron chi connectivity index (χ2n) is 6.97. The van der Waals surface area contributed by atoms with Crippen LogP contribution in [-0.4, -0.2) is 23.0 Å². The predicted molar refractivity (Wildman–Crippen MR) is 93.5 cm³/mol. The van der Waals surface area contributed by atoms with Gasteiger partial charge in [-0.3, -0.25) is 4.79 Å². The molecule has 0 bridgehead atoms. The molecular weight excluding hydrogens is 304 g/mol. The Labute approximate surface area is 141 Å². The molecule has 3 rings (SSSR count). The van der Waals surface area contributed by atoms with Crippen LogP contribution in [0.4, 0.5) is 17.2 Å². The quantitative estimate of drug-likeness (QED) is 0.902. The maximum atomic E-state index is 11.5. The maximum absolute atomic E-state index is 11.5. The summed E-state index contributed by atoms with van der Waals surface area (Å²) in [5.41, 5.74) is 3.44. The molecule has 1 aliphatic heterocycles. The van der Waals surface area contributed by atoms with Crippen LogP contribution in [-0.2, 0) is 28.0 Å². The lowest BCUT2D eigenvalue weighted by Crippen LogP contribution is -2.18. The van der Waals surface area contributed by atoms with Crippen LogP contribution in [0, 0.1) is 0 Å². The number of ether oxygens (including phenoxy) is 1. The van der Waals surface area contributed by atoms with Gasteiger partial charge in [0.2, 0.25) is 5.91 Å². The first-order valence-electron chi connectivity index (χ1n) is 7.92. The monoisotopic (exact) mass is 326 g/mol. The molecule has 1 aliphatic rings. The second-order valence-corrected chi connectivity index (χ2v) is 6.97. The van der Waals surface area contributed by atoms with Gasteiger partial charge in [-0.05, 0) is 23.8 Å². The highest BCUT2D eigenvalue weighted by Gasteiger charge is 2.20. The maximum Gasteiger partial charge on any atom is 0.228 e. The Bertz CT molecular complexity index is 781. The Hall–Kier alpha value is -2.47. The smallest absolute Gasteiger partial charge is 0.228 e. The van der Waals surface area contributed by atoms with Crippen LogP contribution >= 0.6 is 0 Å². The van der Waals surface area contributed by atoms with Crippen LogP contribution in [0.1, 0.15) is 37.9 Å². The Kier molecular flexibility index (Phi) is 4.24. The summed E-state index contributed by atoms with van der Waals surface area (Å²) >= 11 is 0. The standard InChI is InChI=1S/C18H22N4O2/c1-18(2,3)17-20-13(10-24-4)9-15(22-17)19-12-5-6-14-11(7-12)8-16(23)21-14/h5-7,9H,8,10H2,1-4H3,(H,21,23)(H,19,20,22). The number of carbonyl (C=O) groups is 1. The van der Waals surface area contributed by atoms with E-state index in [0.29, 0.717) is 13.0 Å². The third-order valence-corrected chi connectivity index (χ3v) is 3.74.